The highest BCUT2D eigenvalue weighted by Crippen LogP contribution is 2.47. The lowest BCUT2D eigenvalue weighted by Crippen LogP contribution is -2.00. The lowest BCUT2D eigenvalue weighted by molar-refractivity contribution is 0.669. The van der Waals surface area contributed by atoms with Crippen LogP contribution in [0.4, 0.5) is 0 Å². The van der Waals surface area contributed by atoms with Gasteiger partial charge in [0, 0.05) is 71.0 Å². The first-order valence-corrected chi connectivity index (χ1v) is 22.2. The summed E-state index contributed by atoms with van der Waals surface area (Å²) in [6, 6.07) is 81.0. The quantitative estimate of drug-likeness (QED) is 0.162. The van der Waals surface area contributed by atoms with Gasteiger partial charge in [-0.2, -0.15) is 0 Å². The monoisotopic (exact) mass is 827 g/mol. The first kappa shape index (κ1) is 35.8. The van der Waals surface area contributed by atoms with E-state index in [2.05, 4.69) is 234 Å². The summed E-state index contributed by atoms with van der Waals surface area (Å²) in [5, 5.41) is 10.5. The molecule has 14 rings (SSSR count). The first-order valence-electron chi connectivity index (χ1n) is 22.2. The van der Waals surface area contributed by atoms with Gasteiger partial charge in [0.05, 0.1) is 33.3 Å². The maximum atomic E-state index is 6.76. The van der Waals surface area contributed by atoms with E-state index in [9.17, 15) is 0 Å². The largest absolute Gasteiger partial charge is 0.456 e. The molecule has 0 amide bonds. The highest BCUT2D eigenvalue weighted by atomic mass is 16.3. The van der Waals surface area contributed by atoms with Crippen molar-refractivity contribution in [2.24, 2.45) is 0 Å². The molecule has 0 fully saturated rings. The molecule has 0 aliphatic heterocycles. The Morgan fingerprint density at radius 3 is 1.42 bits per heavy atom. The molecular weight excluding hydrogens is 791 g/mol. The number of furan rings is 1. The maximum Gasteiger partial charge on any atom is 0.136 e. The standard InChI is InChI=1S/C61H37N3O/c1-2-17-38(18-3-1)61-50-37-57-60(49-26-9-15-32-56(49)65-57)58(59(50)48-25-4-10-27-51(48)62-61)40-20-16-19-39(33-40)41-34-42(63-52-28-11-5-21-44(52)45-22-6-12-29-53(45)63)36-43(35-41)64-54-30-13-7-23-46(54)47-24-8-14-31-55(47)64/h1-37H. The molecule has 0 aliphatic carbocycles. The molecule has 0 spiro atoms. The Morgan fingerprint density at radius 2 is 0.800 bits per heavy atom. The Morgan fingerprint density at radius 1 is 0.308 bits per heavy atom. The second-order valence-corrected chi connectivity index (χ2v) is 17.0. The van der Waals surface area contributed by atoms with Crippen molar-refractivity contribution in [1.29, 1.82) is 0 Å². The molecular formula is C61H37N3O. The van der Waals surface area contributed by atoms with Crippen LogP contribution >= 0.6 is 0 Å². The maximum absolute atomic E-state index is 6.76. The third kappa shape index (κ3) is 5.35. The lowest BCUT2D eigenvalue weighted by Gasteiger charge is -2.18. The minimum absolute atomic E-state index is 0.843. The minimum Gasteiger partial charge on any atom is -0.456 e. The number of benzene rings is 10. The van der Waals surface area contributed by atoms with Crippen molar-refractivity contribution in [3.8, 4) is 44.9 Å². The molecule has 4 nitrogen and oxygen atoms in total. The van der Waals surface area contributed by atoms with E-state index in [1.165, 1.54) is 43.6 Å². The molecule has 0 bridgehead atoms. The molecule has 0 saturated heterocycles. The zero-order valence-corrected chi connectivity index (χ0v) is 35.1. The minimum atomic E-state index is 0.843. The number of aromatic nitrogens is 3. The third-order valence-electron chi connectivity index (χ3n) is 13.4. The molecule has 0 saturated carbocycles. The molecule has 0 atom stereocenters. The number of rotatable bonds is 5. The van der Waals surface area contributed by atoms with Crippen LogP contribution in [-0.4, -0.2) is 14.1 Å². The molecule has 14 aromatic rings. The topological polar surface area (TPSA) is 35.9 Å². The molecule has 4 heterocycles. The molecule has 0 N–H and O–H groups in total. The van der Waals surface area contributed by atoms with Crippen molar-refractivity contribution < 1.29 is 4.42 Å². The first-order chi connectivity index (χ1) is 32.2. The number of para-hydroxylation sites is 6. The van der Waals surface area contributed by atoms with Crippen LogP contribution in [-0.2, 0) is 0 Å². The van der Waals surface area contributed by atoms with Gasteiger partial charge in [-0.25, -0.2) is 4.98 Å². The van der Waals surface area contributed by atoms with Gasteiger partial charge in [-0.05, 0) is 83.4 Å². The summed E-state index contributed by atoms with van der Waals surface area (Å²) in [4.78, 5) is 5.34. The van der Waals surface area contributed by atoms with Crippen molar-refractivity contribution in [2.75, 3.05) is 0 Å². The fourth-order valence-corrected chi connectivity index (χ4v) is 10.7. The second kappa shape index (κ2) is 13.9. The van der Waals surface area contributed by atoms with Crippen LogP contribution in [0.2, 0.25) is 0 Å². The number of hydrogen-bond donors (Lipinski definition) is 0. The zero-order valence-electron chi connectivity index (χ0n) is 35.1. The summed E-state index contributed by atoms with van der Waals surface area (Å²) in [7, 11) is 0. The Hall–Kier alpha value is -8.73. The molecule has 4 aromatic heterocycles. The Bertz CT molecular complexity index is 4010. The highest BCUT2D eigenvalue weighted by Gasteiger charge is 2.23. The third-order valence-corrected chi connectivity index (χ3v) is 13.4. The van der Waals surface area contributed by atoms with E-state index >= 15 is 0 Å². The average Bonchev–Trinajstić information content (AvgIpc) is 4.03. The van der Waals surface area contributed by atoms with Gasteiger partial charge >= 0.3 is 0 Å². The number of pyridine rings is 1. The SMILES string of the molecule is c1ccc(-c2nc3ccccc3c3c(-c4cccc(-c5cc(-n6c7ccccc7c7ccccc76)cc(-n6c7ccccc7c7ccccc76)c5)c4)c4c(cc23)oc2ccccc24)cc1. The molecule has 10 aromatic carbocycles. The van der Waals surface area contributed by atoms with Crippen molar-refractivity contribution in [1.82, 2.24) is 14.1 Å². The van der Waals surface area contributed by atoms with Crippen LogP contribution in [0, 0.1) is 0 Å². The van der Waals surface area contributed by atoms with E-state index in [4.69, 9.17) is 9.40 Å². The molecule has 0 aliphatic rings. The smallest absolute Gasteiger partial charge is 0.136 e. The fraction of sp³-hybridized carbons (Fsp3) is 0. The van der Waals surface area contributed by atoms with Crippen LogP contribution in [0.1, 0.15) is 0 Å². The van der Waals surface area contributed by atoms with E-state index in [-0.39, 0.29) is 0 Å². The zero-order chi connectivity index (χ0) is 42.6. The van der Waals surface area contributed by atoms with Gasteiger partial charge in [-0.1, -0.05) is 158 Å². The molecule has 4 heteroatoms. The predicted molar refractivity (Wildman–Crippen MR) is 272 cm³/mol. The Balaban J connectivity index is 1.09. The van der Waals surface area contributed by atoms with Gasteiger partial charge in [-0.3, -0.25) is 0 Å². The van der Waals surface area contributed by atoms with E-state index in [0.29, 0.717) is 0 Å². The van der Waals surface area contributed by atoms with Crippen molar-refractivity contribution in [3.05, 3.63) is 224 Å². The highest BCUT2D eigenvalue weighted by molar-refractivity contribution is 6.28. The Labute approximate surface area is 373 Å². The fourth-order valence-electron chi connectivity index (χ4n) is 10.7. The number of fused-ring (bicyclic) bond motifs is 12. The van der Waals surface area contributed by atoms with Gasteiger partial charge in [0.1, 0.15) is 11.2 Å². The molecule has 0 radical (unpaired) electrons. The van der Waals surface area contributed by atoms with E-state index in [1.807, 2.05) is 0 Å². The summed E-state index contributed by atoms with van der Waals surface area (Å²) in [5.41, 5.74) is 16.0. The summed E-state index contributed by atoms with van der Waals surface area (Å²) in [6.45, 7) is 0. The Kier molecular flexibility index (Phi) is 7.65. The van der Waals surface area contributed by atoms with E-state index < -0.39 is 0 Å². The average molecular weight is 828 g/mol. The van der Waals surface area contributed by atoms with Crippen molar-refractivity contribution >= 4 is 87.2 Å². The second-order valence-electron chi connectivity index (χ2n) is 17.0. The summed E-state index contributed by atoms with van der Waals surface area (Å²) in [5.74, 6) is 0. The van der Waals surface area contributed by atoms with Crippen molar-refractivity contribution in [2.45, 2.75) is 0 Å². The van der Waals surface area contributed by atoms with Crippen molar-refractivity contribution in [3.63, 3.8) is 0 Å². The van der Waals surface area contributed by atoms with Gasteiger partial charge in [0.25, 0.3) is 0 Å². The van der Waals surface area contributed by atoms with Gasteiger partial charge in [0.2, 0.25) is 0 Å². The van der Waals surface area contributed by atoms with Gasteiger partial charge in [0.15, 0.2) is 0 Å². The molecule has 0 unspecified atom stereocenters. The normalized spacial score (nSPS) is 12.0. The molecule has 302 valence electrons. The summed E-state index contributed by atoms with van der Waals surface area (Å²) in [6.07, 6.45) is 0. The number of hydrogen-bond acceptors (Lipinski definition) is 2. The predicted octanol–water partition coefficient (Wildman–Crippen LogP) is 16.5. The summed E-state index contributed by atoms with van der Waals surface area (Å²) < 4.78 is 11.6. The lowest BCUT2D eigenvalue weighted by atomic mass is 9.88. The van der Waals surface area contributed by atoms with Crippen LogP contribution in [0.3, 0.4) is 0 Å². The summed E-state index contributed by atoms with van der Waals surface area (Å²) >= 11 is 0. The molecule has 65 heavy (non-hydrogen) atoms. The van der Waals surface area contributed by atoms with Gasteiger partial charge < -0.3 is 13.6 Å². The number of nitrogens with zero attached hydrogens (tertiary/aromatic N) is 3. The van der Waals surface area contributed by atoms with Crippen LogP contribution in [0.15, 0.2) is 229 Å². The van der Waals surface area contributed by atoms with Crippen LogP contribution in [0.25, 0.3) is 132 Å². The van der Waals surface area contributed by atoms with Gasteiger partial charge in [-0.15, -0.1) is 0 Å². The van der Waals surface area contributed by atoms with Crippen LogP contribution < -0.4 is 0 Å². The van der Waals surface area contributed by atoms with Crippen LogP contribution in [0.5, 0.6) is 0 Å². The van der Waals surface area contributed by atoms with E-state index in [0.717, 1.165) is 88.5 Å². The van der Waals surface area contributed by atoms with E-state index in [1.54, 1.807) is 0 Å².